The second kappa shape index (κ2) is 7.48. The monoisotopic (exact) mass is 390 g/mol. The van der Waals surface area contributed by atoms with Gasteiger partial charge in [-0.3, -0.25) is 4.79 Å². The van der Waals surface area contributed by atoms with Crippen molar-refractivity contribution in [2.75, 3.05) is 5.32 Å². The predicted molar refractivity (Wildman–Crippen MR) is 91.3 cm³/mol. The summed E-state index contributed by atoms with van der Waals surface area (Å²) in [6, 6.07) is 7.67. The molecule has 0 aromatic heterocycles. The maximum atomic E-state index is 12.9. The highest BCUT2D eigenvalue weighted by Gasteiger charge is 2.22. The van der Waals surface area contributed by atoms with E-state index in [0.717, 1.165) is 24.3 Å². The second-order valence-corrected chi connectivity index (χ2v) is 7.47. The normalized spacial score (nSPS) is 12.7. The van der Waals surface area contributed by atoms with E-state index < -0.39 is 27.8 Å². The number of hydrogen-bond acceptors (Lipinski definition) is 3. The lowest BCUT2D eigenvalue weighted by Crippen LogP contribution is -2.41. The quantitative estimate of drug-likeness (QED) is 0.820. The fraction of sp³-hybridized carbons (Fsp3) is 0.133. The second-order valence-electron chi connectivity index (χ2n) is 4.91. The molecular formula is C15H13Cl2FN2O3S. The summed E-state index contributed by atoms with van der Waals surface area (Å²) in [5.41, 5.74) is 0.266. The number of nitrogens with one attached hydrogen (secondary N) is 2. The Balaban J connectivity index is 2.10. The molecule has 0 aliphatic carbocycles. The van der Waals surface area contributed by atoms with Gasteiger partial charge in [-0.05, 0) is 49.4 Å². The molecule has 0 fully saturated rings. The van der Waals surface area contributed by atoms with Gasteiger partial charge in [0.2, 0.25) is 15.9 Å². The molecule has 9 heteroatoms. The number of carbonyl (C=O) groups is 1. The molecule has 0 spiro atoms. The van der Waals surface area contributed by atoms with Crippen LogP contribution < -0.4 is 10.0 Å². The Bertz CT molecular complexity index is 858. The van der Waals surface area contributed by atoms with E-state index in [1.807, 2.05) is 0 Å². The van der Waals surface area contributed by atoms with E-state index in [-0.39, 0.29) is 15.6 Å². The molecule has 128 valence electrons. The van der Waals surface area contributed by atoms with Crippen molar-refractivity contribution in [2.45, 2.75) is 17.9 Å². The van der Waals surface area contributed by atoms with E-state index in [0.29, 0.717) is 5.02 Å². The van der Waals surface area contributed by atoms with Crippen molar-refractivity contribution in [3.63, 3.8) is 0 Å². The smallest absolute Gasteiger partial charge is 0.242 e. The van der Waals surface area contributed by atoms with Crippen LogP contribution in [0.1, 0.15) is 6.92 Å². The van der Waals surface area contributed by atoms with Crippen molar-refractivity contribution in [3.8, 4) is 0 Å². The highest BCUT2D eigenvalue weighted by Crippen LogP contribution is 2.25. The number of amides is 1. The van der Waals surface area contributed by atoms with Crippen LogP contribution in [-0.2, 0) is 14.8 Å². The molecule has 0 aliphatic rings. The van der Waals surface area contributed by atoms with E-state index >= 15 is 0 Å². The van der Waals surface area contributed by atoms with Gasteiger partial charge in [0.25, 0.3) is 0 Å². The van der Waals surface area contributed by atoms with Crippen LogP contribution in [0, 0.1) is 5.82 Å². The summed E-state index contributed by atoms with van der Waals surface area (Å²) in [6.07, 6.45) is 0. The molecule has 0 unspecified atom stereocenters. The summed E-state index contributed by atoms with van der Waals surface area (Å²) in [6.45, 7) is 1.37. The molecular weight excluding hydrogens is 378 g/mol. The van der Waals surface area contributed by atoms with Crippen molar-refractivity contribution < 1.29 is 17.6 Å². The van der Waals surface area contributed by atoms with Crippen molar-refractivity contribution in [1.82, 2.24) is 4.72 Å². The minimum absolute atomic E-state index is 0.149. The summed E-state index contributed by atoms with van der Waals surface area (Å²) in [4.78, 5) is 12.0. The van der Waals surface area contributed by atoms with Gasteiger partial charge in [-0.25, -0.2) is 12.8 Å². The van der Waals surface area contributed by atoms with Crippen molar-refractivity contribution in [2.24, 2.45) is 0 Å². The van der Waals surface area contributed by atoms with Gasteiger partial charge >= 0.3 is 0 Å². The predicted octanol–water partition coefficient (Wildman–Crippen LogP) is 3.44. The van der Waals surface area contributed by atoms with Gasteiger partial charge in [0, 0.05) is 5.02 Å². The molecule has 0 aliphatic heterocycles. The van der Waals surface area contributed by atoms with Crippen LogP contribution in [0.25, 0.3) is 0 Å². The zero-order valence-corrected chi connectivity index (χ0v) is 14.7. The molecule has 0 radical (unpaired) electrons. The van der Waals surface area contributed by atoms with Crippen LogP contribution in [0.15, 0.2) is 47.4 Å². The standard InChI is InChI=1S/C15H13Cl2FN2O3S/c1-9(15(21)19-14-8-10(16)2-7-13(14)17)20-24(22,23)12-5-3-11(18)4-6-12/h2-9,20H,1H3,(H,19,21)/t9-/m1/s1. The van der Waals surface area contributed by atoms with Crippen molar-refractivity contribution in [1.29, 1.82) is 0 Å². The summed E-state index contributed by atoms with van der Waals surface area (Å²) in [5.74, 6) is -1.18. The van der Waals surface area contributed by atoms with Crippen LogP contribution in [0.2, 0.25) is 10.0 Å². The van der Waals surface area contributed by atoms with E-state index in [1.165, 1.54) is 19.1 Å². The number of anilines is 1. The van der Waals surface area contributed by atoms with Gasteiger partial charge < -0.3 is 5.32 Å². The summed E-state index contributed by atoms with van der Waals surface area (Å²) >= 11 is 11.8. The highest BCUT2D eigenvalue weighted by atomic mass is 35.5. The Morgan fingerprint density at radius 3 is 2.38 bits per heavy atom. The zero-order valence-electron chi connectivity index (χ0n) is 12.4. The first-order valence-electron chi connectivity index (χ1n) is 6.73. The minimum atomic E-state index is -3.97. The van der Waals surface area contributed by atoms with Gasteiger partial charge in [0.1, 0.15) is 5.82 Å². The molecule has 24 heavy (non-hydrogen) atoms. The third-order valence-corrected chi connectivity index (χ3v) is 5.16. The largest absolute Gasteiger partial charge is 0.323 e. The first-order chi connectivity index (χ1) is 11.2. The molecule has 2 aromatic rings. The van der Waals surface area contributed by atoms with E-state index in [1.54, 1.807) is 6.07 Å². The Morgan fingerprint density at radius 2 is 1.75 bits per heavy atom. The number of hydrogen-bond donors (Lipinski definition) is 2. The number of rotatable bonds is 5. The molecule has 2 N–H and O–H groups in total. The Morgan fingerprint density at radius 1 is 1.12 bits per heavy atom. The van der Waals surface area contributed by atoms with Gasteiger partial charge in [0.05, 0.1) is 21.6 Å². The fourth-order valence-corrected chi connectivity index (χ4v) is 3.34. The lowest BCUT2D eigenvalue weighted by molar-refractivity contribution is -0.117. The average Bonchev–Trinajstić information content (AvgIpc) is 2.51. The lowest BCUT2D eigenvalue weighted by Gasteiger charge is -2.15. The number of benzene rings is 2. The SMILES string of the molecule is C[C@@H](NS(=O)(=O)c1ccc(F)cc1)C(=O)Nc1cc(Cl)ccc1Cl. The van der Waals surface area contributed by atoms with Crippen LogP contribution >= 0.6 is 23.2 Å². The lowest BCUT2D eigenvalue weighted by atomic mass is 10.3. The minimum Gasteiger partial charge on any atom is -0.323 e. The van der Waals surface area contributed by atoms with Crippen LogP contribution in [-0.4, -0.2) is 20.4 Å². The molecule has 1 atom stereocenters. The third-order valence-electron chi connectivity index (χ3n) is 3.04. The van der Waals surface area contributed by atoms with Gasteiger partial charge in [-0.15, -0.1) is 0 Å². The fourth-order valence-electron chi connectivity index (χ4n) is 1.80. The average molecular weight is 391 g/mol. The molecule has 2 aromatic carbocycles. The maximum absolute atomic E-state index is 12.9. The molecule has 1 amide bonds. The Hall–Kier alpha value is -1.67. The van der Waals surface area contributed by atoms with Crippen LogP contribution in [0.3, 0.4) is 0 Å². The Kier molecular flexibility index (Phi) is 5.82. The number of halogens is 3. The third kappa shape index (κ3) is 4.67. The molecule has 2 rings (SSSR count). The van der Waals surface area contributed by atoms with Crippen molar-refractivity contribution in [3.05, 3.63) is 58.3 Å². The number of carbonyl (C=O) groups excluding carboxylic acids is 1. The topological polar surface area (TPSA) is 75.3 Å². The highest BCUT2D eigenvalue weighted by molar-refractivity contribution is 7.89. The van der Waals surface area contributed by atoms with Gasteiger partial charge in [0.15, 0.2) is 0 Å². The number of sulfonamides is 1. The summed E-state index contributed by atoms with van der Waals surface area (Å²) in [7, 11) is -3.97. The molecule has 5 nitrogen and oxygen atoms in total. The van der Waals surface area contributed by atoms with Gasteiger partial charge in [-0.1, -0.05) is 23.2 Å². The maximum Gasteiger partial charge on any atom is 0.242 e. The Labute approximate surface area is 148 Å². The molecule has 0 heterocycles. The van der Waals surface area contributed by atoms with Crippen LogP contribution in [0.5, 0.6) is 0 Å². The molecule has 0 bridgehead atoms. The molecule has 0 saturated heterocycles. The first kappa shape index (κ1) is 18.7. The van der Waals surface area contributed by atoms with Crippen LogP contribution in [0.4, 0.5) is 10.1 Å². The van der Waals surface area contributed by atoms with E-state index in [4.69, 9.17) is 23.2 Å². The van der Waals surface area contributed by atoms with E-state index in [9.17, 15) is 17.6 Å². The summed E-state index contributed by atoms with van der Waals surface area (Å²) < 4.78 is 39.4. The van der Waals surface area contributed by atoms with Crippen molar-refractivity contribution >= 4 is 44.8 Å². The first-order valence-corrected chi connectivity index (χ1v) is 8.97. The van der Waals surface area contributed by atoms with Gasteiger partial charge in [-0.2, -0.15) is 4.72 Å². The zero-order chi connectivity index (χ0) is 17.9. The summed E-state index contributed by atoms with van der Waals surface area (Å²) in [5, 5.41) is 3.13. The van der Waals surface area contributed by atoms with E-state index in [2.05, 4.69) is 10.0 Å². The molecule has 0 saturated carbocycles.